The Morgan fingerprint density at radius 3 is 2.15 bits per heavy atom. The topological polar surface area (TPSA) is 54.4 Å². The maximum absolute atomic E-state index is 10.8. The van der Waals surface area contributed by atoms with Crippen molar-refractivity contribution in [2.75, 3.05) is 0 Å². The highest BCUT2D eigenvalue weighted by atomic mass is 79.9. The number of benzene rings is 1. The first-order valence-corrected chi connectivity index (χ1v) is 4.90. The van der Waals surface area contributed by atoms with Crippen LogP contribution >= 0.6 is 17.0 Å². The molecule has 1 rings (SSSR count). The highest BCUT2D eigenvalue weighted by Gasteiger charge is 2.12. The van der Waals surface area contributed by atoms with E-state index in [-0.39, 0.29) is 21.9 Å². The van der Waals surface area contributed by atoms with Gasteiger partial charge < -0.3 is 0 Å². The van der Waals surface area contributed by atoms with E-state index in [0.717, 1.165) is 5.56 Å². The maximum atomic E-state index is 10.8. The Morgan fingerprint density at radius 2 is 1.77 bits per heavy atom. The van der Waals surface area contributed by atoms with E-state index in [2.05, 4.69) is 0 Å². The molecule has 0 atom stereocenters. The van der Waals surface area contributed by atoms with Crippen molar-refractivity contribution in [3.05, 3.63) is 29.3 Å². The molecule has 0 saturated carbocycles. The second-order valence-corrected chi connectivity index (χ2v) is 4.06. The minimum Gasteiger partial charge on any atom is -0.282 e. The fourth-order valence-corrected chi connectivity index (χ4v) is 1.80. The molecule has 1 N–H and O–H groups in total. The molecule has 0 aliphatic carbocycles. The fraction of sp³-hybridized carbons (Fsp3) is 0.250. The van der Waals surface area contributed by atoms with Gasteiger partial charge in [-0.05, 0) is 31.0 Å². The van der Waals surface area contributed by atoms with E-state index in [1.54, 1.807) is 26.0 Å². The monoisotopic (exact) mass is 266 g/mol. The summed E-state index contributed by atoms with van der Waals surface area (Å²) in [4.78, 5) is -0.0116. The molecule has 0 radical (unpaired) electrons. The van der Waals surface area contributed by atoms with Crippen LogP contribution in [0.25, 0.3) is 0 Å². The molecule has 1 aromatic rings. The van der Waals surface area contributed by atoms with E-state index < -0.39 is 10.1 Å². The Hall–Kier alpha value is -0.390. The molecule has 0 fully saturated rings. The van der Waals surface area contributed by atoms with E-state index in [9.17, 15) is 8.42 Å². The summed E-state index contributed by atoms with van der Waals surface area (Å²) >= 11 is 0. The zero-order valence-electron chi connectivity index (χ0n) is 7.31. The quantitative estimate of drug-likeness (QED) is 0.793. The minimum atomic E-state index is -4.06. The molecule has 0 spiro atoms. The largest absolute Gasteiger partial charge is 0.294 e. The lowest BCUT2D eigenvalue weighted by Crippen LogP contribution is -2.01. The first-order chi connectivity index (χ1) is 5.43. The predicted molar refractivity (Wildman–Crippen MR) is 56.1 cm³/mol. The van der Waals surface area contributed by atoms with Crippen molar-refractivity contribution in [2.45, 2.75) is 18.7 Å². The number of halogens is 1. The molecule has 13 heavy (non-hydrogen) atoms. The Bertz CT molecular complexity index is 398. The summed E-state index contributed by atoms with van der Waals surface area (Å²) in [6, 6.07) is 4.78. The van der Waals surface area contributed by atoms with Gasteiger partial charge in [0.15, 0.2) is 0 Å². The minimum absolute atomic E-state index is 0. The van der Waals surface area contributed by atoms with Crippen LogP contribution in [0.15, 0.2) is 23.1 Å². The summed E-state index contributed by atoms with van der Waals surface area (Å²) in [7, 11) is -4.06. The molecule has 1 aromatic carbocycles. The van der Waals surface area contributed by atoms with Gasteiger partial charge in [0.25, 0.3) is 10.1 Å². The van der Waals surface area contributed by atoms with E-state index in [1.165, 1.54) is 6.07 Å². The molecule has 0 unspecified atom stereocenters. The third-order valence-corrected chi connectivity index (χ3v) is 2.83. The number of hydrogen-bond donors (Lipinski definition) is 1. The van der Waals surface area contributed by atoms with Gasteiger partial charge in [0.05, 0.1) is 4.90 Å². The summed E-state index contributed by atoms with van der Waals surface area (Å²) in [5.41, 5.74) is 1.45. The highest BCUT2D eigenvalue weighted by molar-refractivity contribution is 8.93. The van der Waals surface area contributed by atoms with Crippen molar-refractivity contribution in [2.24, 2.45) is 0 Å². The van der Waals surface area contributed by atoms with Gasteiger partial charge in [-0.2, -0.15) is 8.42 Å². The molecule has 0 heterocycles. The Morgan fingerprint density at radius 1 is 1.23 bits per heavy atom. The lowest BCUT2D eigenvalue weighted by atomic mass is 10.1. The molecule has 0 saturated heterocycles. The zero-order valence-corrected chi connectivity index (χ0v) is 9.84. The average molecular weight is 267 g/mol. The van der Waals surface area contributed by atoms with Crippen molar-refractivity contribution >= 4 is 27.1 Å². The van der Waals surface area contributed by atoms with Gasteiger partial charge in [0.1, 0.15) is 0 Å². The number of aryl methyl sites for hydroxylation is 1. The van der Waals surface area contributed by atoms with Crippen LogP contribution in [0, 0.1) is 13.8 Å². The third kappa shape index (κ3) is 2.79. The first kappa shape index (κ1) is 12.6. The van der Waals surface area contributed by atoms with Gasteiger partial charge in [-0.15, -0.1) is 17.0 Å². The van der Waals surface area contributed by atoms with Crippen LogP contribution in [0.4, 0.5) is 0 Å². The van der Waals surface area contributed by atoms with Crippen LogP contribution in [0.5, 0.6) is 0 Å². The SMILES string of the molecule is Br.Cc1cccc(S(=O)(=O)O)c1C. The Balaban J connectivity index is 0.00000144. The molecular weight excluding hydrogens is 256 g/mol. The van der Waals surface area contributed by atoms with Crippen LogP contribution in [0.1, 0.15) is 11.1 Å². The second-order valence-electron chi connectivity index (χ2n) is 2.67. The van der Waals surface area contributed by atoms with Crippen molar-refractivity contribution in [3.63, 3.8) is 0 Å². The molecular formula is C8H11BrO3S. The van der Waals surface area contributed by atoms with Gasteiger partial charge >= 0.3 is 0 Å². The van der Waals surface area contributed by atoms with Gasteiger partial charge in [0.2, 0.25) is 0 Å². The van der Waals surface area contributed by atoms with E-state index >= 15 is 0 Å². The molecule has 0 aliphatic rings. The maximum Gasteiger partial charge on any atom is 0.294 e. The first-order valence-electron chi connectivity index (χ1n) is 3.46. The van der Waals surface area contributed by atoms with Crippen LogP contribution < -0.4 is 0 Å². The summed E-state index contributed by atoms with van der Waals surface area (Å²) in [6.45, 7) is 3.46. The molecule has 0 bridgehead atoms. The summed E-state index contributed by atoms with van der Waals surface area (Å²) in [6.07, 6.45) is 0. The van der Waals surface area contributed by atoms with E-state index in [4.69, 9.17) is 4.55 Å². The molecule has 0 aliphatic heterocycles. The zero-order chi connectivity index (χ0) is 9.35. The second kappa shape index (κ2) is 4.21. The van der Waals surface area contributed by atoms with Crippen molar-refractivity contribution in [1.82, 2.24) is 0 Å². The lowest BCUT2D eigenvalue weighted by Gasteiger charge is -2.03. The Labute approximate surface area is 88.3 Å². The van der Waals surface area contributed by atoms with Crippen molar-refractivity contribution in [1.29, 1.82) is 0 Å². The molecule has 0 aromatic heterocycles. The molecule has 3 nitrogen and oxygen atoms in total. The average Bonchev–Trinajstić information content (AvgIpc) is 1.92. The molecule has 74 valence electrons. The van der Waals surface area contributed by atoms with Crippen LogP contribution in [0.3, 0.4) is 0 Å². The van der Waals surface area contributed by atoms with Crippen LogP contribution in [-0.4, -0.2) is 13.0 Å². The van der Waals surface area contributed by atoms with E-state index in [0.29, 0.717) is 5.56 Å². The fourth-order valence-electron chi connectivity index (χ4n) is 1.00. The van der Waals surface area contributed by atoms with Crippen LogP contribution in [0.2, 0.25) is 0 Å². The highest BCUT2D eigenvalue weighted by Crippen LogP contribution is 2.17. The lowest BCUT2D eigenvalue weighted by molar-refractivity contribution is 0.482. The van der Waals surface area contributed by atoms with Gasteiger partial charge in [-0.1, -0.05) is 12.1 Å². The smallest absolute Gasteiger partial charge is 0.282 e. The van der Waals surface area contributed by atoms with Crippen LogP contribution in [-0.2, 0) is 10.1 Å². The van der Waals surface area contributed by atoms with E-state index in [1.807, 2.05) is 0 Å². The summed E-state index contributed by atoms with van der Waals surface area (Å²) < 4.78 is 30.3. The molecule has 5 heteroatoms. The van der Waals surface area contributed by atoms with Gasteiger partial charge in [0, 0.05) is 0 Å². The number of hydrogen-bond acceptors (Lipinski definition) is 2. The predicted octanol–water partition coefficient (Wildman–Crippen LogP) is 2.13. The standard InChI is InChI=1S/C8H10O3S.BrH/c1-6-4-3-5-8(7(6)2)12(9,10)11;/h3-5H,1-2H3,(H,9,10,11);1H. The van der Waals surface area contributed by atoms with Crippen molar-refractivity contribution in [3.8, 4) is 0 Å². The van der Waals surface area contributed by atoms with Gasteiger partial charge in [-0.3, -0.25) is 4.55 Å². The normalized spacial score (nSPS) is 10.7. The number of rotatable bonds is 1. The Kier molecular flexibility index (Phi) is 4.09. The summed E-state index contributed by atoms with van der Waals surface area (Å²) in [5, 5.41) is 0. The molecule has 0 amide bonds. The third-order valence-electron chi connectivity index (χ3n) is 1.83. The van der Waals surface area contributed by atoms with Crippen molar-refractivity contribution < 1.29 is 13.0 Å². The van der Waals surface area contributed by atoms with Gasteiger partial charge in [-0.25, -0.2) is 0 Å². The summed E-state index contributed by atoms with van der Waals surface area (Å²) in [5.74, 6) is 0.